The lowest BCUT2D eigenvalue weighted by Gasteiger charge is -2.40. The Hall–Kier alpha value is -1.74. The zero-order chi connectivity index (χ0) is 13.1. The molecule has 1 aliphatic carbocycles. The minimum atomic E-state index is -1.30. The van der Waals surface area contributed by atoms with Gasteiger partial charge in [0.25, 0.3) is 0 Å². The second kappa shape index (κ2) is 5.10. The highest BCUT2D eigenvalue weighted by atomic mass is 19.1. The van der Waals surface area contributed by atoms with Gasteiger partial charge in [0.05, 0.1) is 18.4 Å². The topological polar surface area (TPSA) is 22.1 Å². The van der Waals surface area contributed by atoms with Crippen LogP contribution in [0.4, 0.5) is 4.39 Å². The summed E-state index contributed by atoms with van der Waals surface area (Å²) in [5.41, 5.74) is 0.342. The van der Waals surface area contributed by atoms with E-state index in [4.69, 9.17) is 4.74 Å². The fourth-order valence-corrected chi connectivity index (χ4v) is 2.41. The molecule has 1 fully saturated rings. The molecule has 1 aromatic carbocycles. The van der Waals surface area contributed by atoms with E-state index in [1.54, 1.807) is 18.3 Å². The fourth-order valence-electron chi connectivity index (χ4n) is 2.41. The molecule has 3 heteroatoms. The van der Waals surface area contributed by atoms with Crippen LogP contribution in [0.25, 0.3) is 0 Å². The van der Waals surface area contributed by atoms with Gasteiger partial charge < -0.3 is 4.74 Å². The molecule has 1 saturated carbocycles. The van der Waals surface area contributed by atoms with Crippen LogP contribution in [0.5, 0.6) is 0 Å². The van der Waals surface area contributed by atoms with Crippen molar-refractivity contribution in [3.63, 3.8) is 0 Å². The molecule has 2 nitrogen and oxygen atoms in total. The predicted molar refractivity (Wildman–Crippen MR) is 71.3 cm³/mol. The highest BCUT2D eigenvalue weighted by Gasteiger charge is 2.47. The molecule has 0 amide bonds. The molecule has 0 radical (unpaired) electrons. The maximum absolute atomic E-state index is 14.5. The molecule has 0 spiro atoms. The van der Waals surface area contributed by atoms with Crippen LogP contribution in [-0.2, 0) is 17.0 Å². The molecular weight excluding hydrogens is 241 g/mol. The maximum Gasteiger partial charge on any atom is 0.157 e. The Bertz CT molecular complexity index is 523. The summed E-state index contributed by atoms with van der Waals surface area (Å²) in [4.78, 5) is 4.09. The number of nitrogens with zero attached hydrogens (tertiary/aromatic N) is 1. The Balaban J connectivity index is 1.53. The first-order valence-electron chi connectivity index (χ1n) is 6.52. The van der Waals surface area contributed by atoms with Gasteiger partial charge in [-0.15, -0.1) is 0 Å². The Morgan fingerprint density at radius 2 is 1.84 bits per heavy atom. The summed E-state index contributed by atoms with van der Waals surface area (Å²) in [6.07, 6.45) is 2.43. The van der Waals surface area contributed by atoms with E-state index in [1.807, 2.05) is 36.4 Å². The number of halogens is 1. The smallest absolute Gasteiger partial charge is 0.157 e. The van der Waals surface area contributed by atoms with Crippen LogP contribution in [0.3, 0.4) is 0 Å². The lowest BCUT2D eigenvalue weighted by atomic mass is 9.76. The van der Waals surface area contributed by atoms with Gasteiger partial charge in [-0.3, -0.25) is 4.98 Å². The van der Waals surface area contributed by atoms with Gasteiger partial charge in [-0.2, -0.15) is 0 Å². The average molecular weight is 257 g/mol. The first kappa shape index (κ1) is 12.3. The standard InChI is InChI=1S/C16H16FNO/c17-16(15-8-4-5-9-18-15)10-14(11-16)19-12-13-6-2-1-3-7-13/h1-9,14H,10-12H2. The summed E-state index contributed by atoms with van der Waals surface area (Å²) in [6.45, 7) is 0.545. The van der Waals surface area contributed by atoms with Crippen LogP contribution >= 0.6 is 0 Å². The highest BCUT2D eigenvalue weighted by molar-refractivity contribution is 5.18. The third-order valence-corrected chi connectivity index (χ3v) is 3.55. The molecule has 0 unspecified atom stereocenters. The van der Waals surface area contributed by atoms with Crippen LogP contribution in [0.1, 0.15) is 24.1 Å². The van der Waals surface area contributed by atoms with Gasteiger partial charge in [-0.1, -0.05) is 36.4 Å². The van der Waals surface area contributed by atoms with E-state index in [2.05, 4.69) is 4.98 Å². The second-order valence-electron chi connectivity index (χ2n) is 5.01. The van der Waals surface area contributed by atoms with Crippen molar-refractivity contribution in [1.29, 1.82) is 0 Å². The summed E-state index contributed by atoms with van der Waals surface area (Å²) < 4.78 is 20.2. The van der Waals surface area contributed by atoms with E-state index >= 15 is 0 Å². The van der Waals surface area contributed by atoms with Crippen molar-refractivity contribution in [2.45, 2.75) is 31.2 Å². The van der Waals surface area contributed by atoms with Crippen molar-refractivity contribution >= 4 is 0 Å². The molecule has 0 aliphatic heterocycles. The van der Waals surface area contributed by atoms with Crippen LogP contribution in [0, 0.1) is 0 Å². The lowest BCUT2D eigenvalue weighted by Crippen LogP contribution is -2.43. The Morgan fingerprint density at radius 1 is 1.11 bits per heavy atom. The number of hydrogen-bond acceptors (Lipinski definition) is 2. The Labute approximate surface area is 112 Å². The minimum absolute atomic E-state index is 0.00721. The first-order chi connectivity index (χ1) is 9.26. The quantitative estimate of drug-likeness (QED) is 0.834. The number of ether oxygens (including phenoxy) is 1. The van der Waals surface area contributed by atoms with Crippen LogP contribution in [-0.4, -0.2) is 11.1 Å². The van der Waals surface area contributed by atoms with Gasteiger partial charge in [0.15, 0.2) is 5.67 Å². The number of hydrogen-bond donors (Lipinski definition) is 0. The number of aromatic nitrogens is 1. The first-order valence-corrected chi connectivity index (χ1v) is 6.52. The molecule has 0 saturated heterocycles. The van der Waals surface area contributed by atoms with Crippen molar-refractivity contribution in [2.75, 3.05) is 0 Å². The monoisotopic (exact) mass is 257 g/mol. The number of alkyl halides is 1. The molecule has 19 heavy (non-hydrogen) atoms. The van der Waals surface area contributed by atoms with Gasteiger partial charge >= 0.3 is 0 Å². The Kier molecular flexibility index (Phi) is 3.30. The summed E-state index contributed by atoms with van der Waals surface area (Å²) in [6, 6.07) is 15.3. The molecule has 1 aromatic heterocycles. The molecular formula is C16H16FNO. The third-order valence-electron chi connectivity index (χ3n) is 3.55. The van der Waals surface area contributed by atoms with Crippen molar-refractivity contribution in [2.24, 2.45) is 0 Å². The molecule has 0 atom stereocenters. The largest absolute Gasteiger partial charge is 0.373 e. The van der Waals surface area contributed by atoms with Crippen molar-refractivity contribution < 1.29 is 9.13 Å². The molecule has 1 heterocycles. The van der Waals surface area contributed by atoms with Crippen molar-refractivity contribution in [1.82, 2.24) is 4.98 Å². The van der Waals surface area contributed by atoms with E-state index in [0.717, 1.165) is 5.56 Å². The SMILES string of the molecule is FC1(c2ccccn2)CC(OCc2ccccc2)C1. The van der Waals surface area contributed by atoms with Crippen LogP contribution in [0.15, 0.2) is 54.7 Å². The number of rotatable bonds is 4. The van der Waals surface area contributed by atoms with Gasteiger partial charge in [0.1, 0.15) is 0 Å². The van der Waals surface area contributed by atoms with Gasteiger partial charge in [0.2, 0.25) is 0 Å². The van der Waals surface area contributed by atoms with Crippen molar-refractivity contribution in [3.05, 3.63) is 66.0 Å². The Morgan fingerprint density at radius 3 is 2.53 bits per heavy atom. The second-order valence-corrected chi connectivity index (χ2v) is 5.01. The van der Waals surface area contributed by atoms with E-state index in [1.165, 1.54) is 0 Å². The van der Waals surface area contributed by atoms with E-state index < -0.39 is 5.67 Å². The fraction of sp³-hybridized carbons (Fsp3) is 0.312. The summed E-state index contributed by atoms with van der Waals surface area (Å²) in [5, 5.41) is 0. The summed E-state index contributed by atoms with van der Waals surface area (Å²) >= 11 is 0. The van der Waals surface area contributed by atoms with Gasteiger partial charge in [0, 0.05) is 19.0 Å². The summed E-state index contributed by atoms with van der Waals surface area (Å²) in [5.74, 6) is 0. The third kappa shape index (κ3) is 2.66. The van der Waals surface area contributed by atoms with Crippen molar-refractivity contribution in [3.8, 4) is 0 Å². The van der Waals surface area contributed by atoms with Gasteiger partial charge in [-0.25, -0.2) is 4.39 Å². The average Bonchev–Trinajstić information content (AvgIpc) is 2.44. The van der Waals surface area contributed by atoms with E-state index in [0.29, 0.717) is 25.1 Å². The van der Waals surface area contributed by atoms with Gasteiger partial charge in [-0.05, 0) is 17.7 Å². The molecule has 98 valence electrons. The highest BCUT2D eigenvalue weighted by Crippen LogP contribution is 2.45. The molecule has 0 bridgehead atoms. The lowest BCUT2D eigenvalue weighted by molar-refractivity contribution is -0.108. The van der Waals surface area contributed by atoms with Crippen LogP contribution < -0.4 is 0 Å². The predicted octanol–water partition coefficient (Wildman–Crippen LogP) is 3.63. The van der Waals surface area contributed by atoms with Crippen LogP contribution in [0.2, 0.25) is 0 Å². The maximum atomic E-state index is 14.5. The van der Waals surface area contributed by atoms with E-state index in [-0.39, 0.29) is 6.10 Å². The number of pyridine rings is 1. The molecule has 2 aromatic rings. The molecule has 3 rings (SSSR count). The normalized spacial score (nSPS) is 25.8. The zero-order valence-corrected chi connectivity index (χ0v) is 10.6. The molecule has 0 N–H and O–H groups in total. The zero-order valence-electron chi connectivity index (χ0n) is 10.6. The molecule has 1 aliphatic rings. The number of benzene rings is 1. The summed E-state index contributed by atoms with van der Waals surface area (Å²) in [7, 11) is 0. The van der Waals surface area contributed by atoms with E-state index in [9.17, 15) is 4.39 Å². The minimum Gasteiger partial charge on any atom is -0.373 e.